The Kier molecular flexibility index (Phi) is 6.30. The van der Waals surface area contributed by atoms with E-state index >= 15 is 0 Å². The van der Waals surface area contributed by atoms with E-state index in [0.717, 1.165) is 36.8 Å². The molecule has 0 saturated heterocycles. The highest BCUT2D eigenvalue weighted by Gasteiger charge is 2.38. The zero-order valence-electron chi connectivity index (χ0n) is 15.8. The van der Waals surface area contributed by atoms with Crippen LogP contribution in [0.3, 0.4) is 0 Å². The quantitative estimate of drug-likeness (QED) is 0.722. The lowest BCUT2D eigenvalue weighted by Gasteiger charge is -2.41. The topological polar surface area (TPSA) is 78.4 Å². The van der Waals surface area contributed by atoms with Gasteiger partial charge in [-0.2, -0.15) is 8.42 Å². The molecular weight excluding hydrogens is 336 g/mol. The van der Waals surface area contributed by atoms with Gasteiger partial charge in [0.05, 0.1) is 5.60 Å². The molecular formula is C19H32N2O3S. The van der Waals surface area contributed by atoms with Crippen LogP contribution in [0.2, 0.25) is 0 Å². The summed E-state index contributed by atoms with van der Waals surface area (Å²) in [5.74, 6) is 0.659. The van der Waals surface area contributed by atoms with Crippen molar-refractivity contribution in [2.75, 3.05) is 13.6 Å². The highest BCUT2D eigenvalue weighted by atomic mass is 32.2. The summed E-state index contributed by atoms with van der Waals surface area (Å²) < 4.78 is 27.4. The Bertz CT molecular complexity index is 655. The summed E-state index contributed by atoms with van der Waals surface area (Å²) in [7, 11) is -2.00. The normalized spacial score (nSPS) is 25.1. The molecule has 1 aromatic carbocycles. The molecule has 0 atom stereocenters. The lowest BCUT2D eigenvalue weighted by atomic mass is 9.67. The molecule has 0 aliphatic heterocycles. The molecule has 1 fully saturated rings. The smallest absolute Gasteiger partial charge is 0.276 e. The molecule has 2 rings (SSSR count). The molecule has 0 radical (unpaired) electrons. The molecule has 1 saturated carbocycles. The zero-order chi connectivity index (χ0) is 18.7. The van der Waals surface area contributed by atoms with E-state index in [-0.39, 0.29) is 0 Å². The first kappa shape index (κ1) is 20.4. The second-order valence-electron chi connectivity index (χ2n) is 8.22. The monoisotopic (exact) mass is 368 g/mol. The summed E-state index contributed by atoms with van der Waals surface area (Å²) in [4.78, 5) is 0. The largest absolute Gasteiger partial charge is 0.385 e. The fourth-order valence-corrected chi connectivity index (χ4v) is 4.15. The number of hydrogen-bond donors (Lipinski definition) is 3. The molecule has 0 aromatic heterocycles. The van der Waals surface area contributed by atoms with E-state index in [9.17, 15) is 13.5 Å². The molecule has 0 unspecified atom stereocenters. The summed E-state index contributed by atoms with van der Waals surface area (Å²) in [6.07, 6.45) is 4.32. The van der Waals surface area contributed by atoms with Gasteiger partial charge in [-0.3, -0.25) is 0 Å². The van der Waals surface area contributed by atoms with Gasteiger partial charge in [0.25, 0.3) is 10.2 Å². The van der Waals surface area contributed by atoms with Crippen LogP contribution in [0.15, 0.2) is 24.3 Å². The van der Waals surface area contributed by atoms with Crippen LogP contribution in [0.1, 0.15) is 57.6 Å². The third-order valence-corrected chi connectivity index (χ3v) is 6.62. The maximum absolute atomic E-state index is 11.3. The van der Waals surface area contributed by atoms with E-state index in [0.29, 0.717) is 24.3 Å². The van der Waals surface area contributed by atoms with Gasteiger partial charge in [0, 0.05) is 13.6 Å². The average molecular weight is 369 g/mol. The Hall–Kier alpha value is -0.950. The van der Waals surface area contributed by atoms with E-state index in [1.54, 1.807) is 0 Å². The van der Waals surface area contributed by atoms with Crippen LogP contribution in [0.5, 0.6) is 0 Å². The average Bonchev–Trinajstić information content (AvgIpc) is 2.55. The standard InChI is InChI=1S/C19H32N2O3S/c1-18(2,3)16-9-12-19(22,13-10-16)17-7-5-15(6-8-17)11-14-21-25(23,24)20-4/h5-8,16,20-22H,9-14H2,1-4H3. The van der Waals surface area contributed by atoms with Gasteiger partial charge < -0.3 is 5.11 Å². The maximum atomic E-state index is 11.3. The van der Waals surface area contributed by atoms with Gasteiger partial charge >= 0.3 is 0 Å². The lowest BCUT2D eigenvalue weighted by Crippen LogP contribution is -2.35. The first-order valence-electron chi connectivity index (χ1n) is 9.06. The zero-order valence-corrected chi connectivity index (χ0v) is 16.6. The van der Waals surface area contributed by atoms with E-state index in [1.807, 2.05) is 24.3 Å². The summed E-state index contributed by atoms with van der Waals surface area (Å²) in [5.41, 5.74) is 1.59. The van der Waals surface area contributed by atoms with Crippen molar-refractivity contribution in [3.63, 3.8) is 0 Å². The predicted molar refractivity (Wildman–Crippen MR) is 101 cm³/mol. The van der Waals surface area contributed by atoms with Gasteiger partial charge in [-0.15, -0.1) is 0 Å². The van der Waals surface area contributed by atoms with Crippen LogP contribution < -0.4 is 9.44 Å². The Morgan fingerprint density at radius 3 is 2.20 bits per heavy atom. The van der Waals surface area contributed by atoms with Crippen molar-refractivity contribution in [2.24, 2.45) is 11.3 Å². The van der Waals surface area contributed by atoms with Crippen molar-refractivity contribution in [2.45, 2.75) is 58.5 Å². The van der Waals surface area contributed by atoms with Gasteiger partial charge in [-0.05, 0) is 54.6 Å². The molecule has 142 valence electrons. The Morgan fingerprint density at radius 1 is 1.16 bits per heavy atom. The Balaban J connectivity index is 1.93. The van der Waals surface area contributed by atoms with Crippen LogP contribution in [0.4, 0.5) is 0 Å². The van der Waals surface area contributed by atoms with E-state index in [2.05, 4.69) is 30.2 Å². The molecule has 3 N–H and O–H groups in total. The summed E-state index contributed by atoms with van der Waals surface area (Å²) >= 11 is 0. The van der Waals surface area contributed by atoms with Crippen LogP contribution in [0.25, 0.3) is 0 Å². The molecule has 6 heteroatoms. The third-order valence-electron chi connectivity index (χ3n) is 5.50. The molecule has 1 aliphatic rings. The minimum Gasteiger partial charge on any atom is -0.385 e. The van der Waals surface area contributed by atoms with Crippen molar-refractivity contribution in [3.05, 3.63) is 35.4 Å². The van der Waals surface area contributed by atoms with Crippen molar-refractivity contribution in [1.82, 2.24) is 9.44 Å². The van der Waals surface area contributed by atoms with Gasteiger partial charge in [-0.1, -0.05) is 45.0 Å². The number of benzene rings is 1. The van der Waals surface area contributed by atoms with Crippen LogP contribution in [0, 0.1) is 11.3 Å². The molecule has 1 aliphatic carbocycles. The Labute approximate surface area is 152 Å². The summed E-state index contributed by atoms with van der Waals surface area (Å²) in [6.45, 7) is 7.18. The minimum atomic E-state index is -3.38. The second kappa shape index (κ2) is 7.74. The molecule has 0 heterocycles. The third kappa shape index (κ3) is 5.51. The van der Waals surface area contributed by atoms with Crippen LogP contribution in [-0.4, -0.2) is 27.1 Å². The maximum Gasteiger partial charge on any atom is 0.276 e. The van der Waals surface area contributed by atoms with E-state index < -0.39 is 15.8 Å². The predicted octanol–water partition coefficient (Wildman–Crippen LogP) is 2.71. The van der Waals surface area contributed by atoms with Crippen molar-refractivity contribution >= 4 is 10.2 Å². The molecule has 0 amide bonds. The van der Waals surface area contributed by atoms with Crippen LogP contribution >= 0.6 is 0 Å². The van der Waals surface area contributed by atoms with Gasteiger partial charge in [0.1, 0.15) is 0 Å². The summed E-state index contributed by atoms with van der Waals surface area (Å²) in [6, 6.07) is 7.94. The van der Waals surface area contributed by atoms with Crippen molar-refractivity contribution in [3.8, 4) is 0 Å². The molecule has 5 nitrogen and oxygen atoms in total. The Morgan fingerprint density at radius 2 is 1.72 bits per heavy atom. The highest BCUT2D eigenvalue weighted by molar-refractivity contribution is 7.87. The SMILES string of the molecule is CNS(=O)(=O)NCCc1ccc(C2(O)CCC(C(C)(C)C)CC2)cc1. The summed E-state index contributed by atoms with van der Waals surface area (Å²) in [5, 5.41) is 11.0. The number of nitrogens with one attached hydrogen (secondary N) is 2. The van der Waals surface area contributed by atoms with E-state index in [4.69, 9.17) is 0 Å². The fraction of sp³-hybridized carbons (Fsp3) is 0.684. The molecule has 25 heavy (non-hydrogen) atoms. The molecule has 0 bridgehead atoms. The lowest BCUT2D eigenvalue weighted by molar-refractivity contribution is -0.0298. The molecule has 0 spiro atoms. The van der Waals surface area contributed by atoms with Crippen LogP contribution in [-0.2, 0) is 22.2 Å². The number of hydrogen-bond acceptors (Lipinski definition) is 3. The first-order valence-corrected chi connectivity index (χ1v) is 10.5. The number of aliphatic hydroxyl groups is 1. The van der Waals surface area contributed by atoms with E-state index in [1.165, 1.54) is 7.05 Å². The van der Waals surface area contributed by atoms with Gasteiger partial charge in [0.15, 0.2) is 0 Å². The number of rotatable bonds is 6. The minimum absolute atomic E-state index is 0.297. The second-order valence-corrected chi connectivity index (χ2v) is 9.92. The van der Waals surface area contributed by atoms with Gasteiger partial charge in [0.2, 0.25) is 0 Å². The fourth-order valence-electron chi connectivity index (χ4n) is 3.63. The first-order chi connectivity index (χ1) is 11.6. The molecule has 1 aromatic rings. The van der Waals surface area contributed by atoms with Gasteiger partial charge in [-0.25, -0.2) is 9.44 Å². The van der Waals surface area contributed by atoms with Crippen molar-refractivity contribution in [1.29, 1.82) is 0 Å². The van der Waals surface area contributed by atoms with Crippen molar-refractivity contribution < 1.29 is 13.5 Å². The highest BCUT2D eigenvalue weighted by Crippen LogP contribution is 2.45.